The molecule has 30 heteroatoms. The van der Waals surface area contributed by atoms with Crippen molar-refractivity contribution in [3.63, 3.8) is 0 Å². The number of rotatable bonds is 42. The van der Waals surface area contributed by atoms with Gasteiger partial charge in [-0.25, -0.2) is 28.4 Å². The number of ether oxygens (including phenoxy) is 13. The second-order valence-corrected chi connectivity index (χ2v) is 40.7. The number of carbonyl (C=O) groups is 3. The van der Waals surface area contributed by atoms with Gasteiger partial charge in [0.1, 0.15) is 103 Å². The Morgan fingerprint density at radius 2 is 0.664 bits per heavy atom. The molecule has 12 aromatic carbocycles. The third kappa shape index (κ3) is 39.5. The van der Waals surface area contributed by atoms with Gasteiger partial charge in [-0.05, 0) is 236 Å². The Bertz CT molecular complexity index is 6320. The Kier molecular flexibility index (Phi) is 43.3. The first-order chi connectivity index (χ1) is 68.9. The number of oxazole rings is 1. The molecular formula is C113H127N7O19S4. The lowest BCUT2D eigenvalue weighted by atomic mass is 10.1. The number of hydrogen-bond acceptors (Lipinski definition) is 26. The molecule has 0 atom stereocenters. The third-order valence-electron chi connectivity index (χ3n) is 19.7. The van der Waals surface area contributed by atoms with Crippen LogP contribution in [-0.2, 0) is 50.5 Å². The quantitative estimate of drug-likeness (QED) is 0.0320. The highest BCUT2D eigenvalue weighted by molar-refractivity contribution is 7.90. The van der Waals surface area contributed by atoms with Gasteiger partial charge in [0.15, 0.2) is 40.4 Å². The number of aromatic nitrogens is 4. The predicted octanol–water partition coefficient (Wildman–Crippen LogP) is 26.1. The molecular weight excluding hydrogens is 1890 g/mol. The van der Waals surface area contributed by atoms with Gasteiger partial charge in [0, 0.05) is 48.3 Å². The van der Waals surface area contributed by atoms with E-state index in [2.05, 4.69) is 131 Å². The average Bonchev–Trinajstić information content (AvgIpc) is 1.66. The first-order valence-corrected chi connectivity index (χ1v) is 51.6. The standard InChI is InChI=1S/C20H22N2O5S2.C20H25NO3.C19H23NO4.C18H19NO3.2C18H19NO2S/c1-13(2)11-26-14-5-4-6-15(9-14)27-12-19(23)22-20-21-17-8-7-16(29(3,24)25)10-18(17)28-20;1-15(2)14-24-19-6-4-5-16(13-19)7-12-20(22)21-17-8-10-18(23-3)11-9-17;1-14(2)12-23-17-8-10-18(11-9-17)24-13-19(21)20-15-4-6-16(22-3)7-5-15;3*1-13(2)11-20-14-6-5-7-15(10-14)21-12-18-19-16-8-3-4-9-17(16)22-18/h4-10,13H,11-12H2,1-3H3,(H,21,22,23);4-6,8-11,13,15H,7,12,14H2,1-3H3,(H,21,22);4-11,14H,12-13H2,1-3H3,(H,20,21);3*3-10,13H,11-12H2,1-2H3. The first-order valence-electron chi connectivity index (χ1n) is 47.3. The van der Waals surface area contributed by atoms with Crippen LogP contribution in [0.5, 0.6) is 74.7 Å². The van der Waals surface area contributed by atoms with Crippen molar-refractivity contribution in [1.82, 2.24) is 19.9 Å². The Morgan fingerprint density at radius 1 is 0.315 bits per heavy atom. The van der Waals surface area contributed by atoms with Crippen molar-refractivity contribution in [2.24, 2.45) is 35.5 Å². The van der Waals surface area contributed by atoms with Crippen molar-refractivity contribution < 1.29 is 88.8 Å². The molecule has 0 aliphatic rings. The highest BCUT2D eigenvalue weighted by Crippen LogP contribution is 2.33. The van der Waals surface area contributed by atoms with E-state index < -0.39 is 9.84 Å². The lowest BCUT2D eigenvalue weighted by Gasteiger charge is -2.10. The van der Waals surface area contributed by atoms with E-state index in [0.717, 1.165) is 107 Å². The summed E-state index contributed by atoms with van der Waals surface area (Å²) in [5, 5.41) is 10.7. The minimum absolute atomic E-state index is 0.00586. The normalized spacial score (nSPS) is 10.9. The minimum atomic E-state index is -3.30. The van der Waals surface area contributed by atoms with Crippen molar-refractivity contribution in [1.29, 1.82) is 0 Å². The zero-order valence-electron chi connectivity index (χ0n) is 83.5. The zero-order chi connectivity index (χ0) is 102. The molecule has 0 radical (unpaired) electrons. The van der Waals surface area contributed by atoms with E-state index in [-0.39, 0.29) is 35.8 Å². The smallest absolute Gasteiger partial charge is 0.264 e. The van der Waals surface area contributed by atoms with Crippen LogP contribution in [0.25, 0.3) is 41.7 Å². The first kappa shape index (κ1) is 109. The third-order valence-corrected chi connectivity index (χ3v) is 23.8. The van der Waals surface area contributed by atoms with Gasteiger partial charge in [0.05, 0.1) is 89.4 Å². The number of aryl methyl sites for hydroxylation is 1. The molecule has 16 rings (SSSR count). The van der Waals surface area contributed by atoms with Crippen LogP contribution in [0.4, 0.5) is 16.5 Å². The number of anilines is 3. The molecule has 0 bridgehead atoms. The lowest BCUT2D eigenvalue weighted by Crippen LogP contribution is -2.20. The number of para-hydroxylation sites is 4. The summed E-state index contributed by atoms with van der Waals surface area (Å²) in [5.74, 6) is 12.7. The monoisotopic (exact) mass is 2010 g/mol. The lowest BCUT2D eigenvalue weighted by molar-refractivity contribution is -0.118. The average molecular weight is 2020 g/mol. The summed E-state index contributed by atoms with van der Waals surface area (Å²) in [5.41, 5.74) is 6.86. The summed E-state index contributed by atoms with van der Waals surface area (Å²) >= 11 is 4.54. The summed E-state index contributed by atoms with van der Waals surface area (Å²) in [7, 11) is -0.0833. The zero-order valence-corrected chi connectivity index (χ0v) is 86.7. The van der Waals surface area contributed by atoms with Gasteiger partial charge >= 0.3 is 0 Å². The van der Waals surface area contributed by atoms with Gasteiger partial charge in [0.2, 0.25) is 11.8 Å². The SMILES string of the molecule is CC(C)COc1cccc(OCC(=O)Nc2nc3ccc(S(C)(=O)=O)cc3s2)c1.CC(C)COc1cccc(OCc2nc3ccccc3o2)c1.CC(C)COc1cccc(OCc2nc3ccccc3s2)c1.CC(C)COc1cccc(OCc2nc3ccccc3s2)c1.COc1ccc(NC(=O)CCc2cccc(OCC(C)C)c2)cc1.COc1ccc(NC(=O)COc2ccc(OCC(C)C)cc2)cc1. The van der Waals surface area contributed by atoms with Crippen LogP contribution in [0.1, 0.15) is 111 Å². The van der Waals surface area contributed by atoms with Gasteiger partial charge < -0.3 is 76.6 Å². The maximum absolute atomic E-state index is 12.2. The topological polar surface area (TPSA) is 306 Å². The summed E-state index contributed by atoms with van der Waals surface area (Å²) < 4.78 is 105. The van der Waals surface area contributed by atoms with Gasteiger partial charge in [0.25, 0.3) is 11.8 Å². The molecule has 4 heterocycles. The van der Waals surface area contributed by atoms with Crippen LogP contribution in [0.15, 0.2) is 294 Å². The van der Waals surface area contributed by atoms with Gasteiger partial charge in [-0.15, -0.1) is 22.7 Å². The summed E-state index contributed by atoms with van der Waals surface area (Å²) in [6, 6.07) is 88.5. The van der Waals surface area contributed by atoms with E-state index in [9.17, 15) is 22.8 Å². The molecule has 0 unspecified atom stereocenters. The van der Waals surface area contributed by atoms with E-state index >= 15 is 0 Å². The molecule has 752 valence electrons. The maximum Gasteiger partial charge on any atom is 0.264 e. The fourth-order valence-corrected chi connectivity index (χ4v) is 16.1. The highest BCUT2D eigenvalue weighted by Gasteiger charge is 2.17. The van der Waals surface area contributed by atoms with Crippen molar-refractivity contribution in [2.75, 3.05) is 89.3 Å². The Balaban J connectivity index is 0.000000164. The van der Waals surface area contributed by atoms with E-state index in [1.54, 1.807) is 104 Å². The number of methoxy groups -OCH3 is 2. The Morgan fingerprint density at radius 3 is 1.08 bits per heavy atom. The number of nitrogens with one attached hydrogen (secondary N) is 3. The molecule has 0 aliphatic heterocycles. The molecule has 0 fully saturated rings. The van der Waals surface area contributed by atoms with Crippen molar-refractivity contribution in [3.8, 4) is 74.7 Å². The van der Waals surface area contributed by atoms with Crippen LogP contribution in [0, 0.1) is 35.5 Å². The predicted molar refractivity (Wildman–Crippen MR) is 571 cm³/mol. The number of thiazole rings is 3. The number of carbonyl (C=O) groups excluding carboxylic acids is 3. The second kappa shape index (κ2) is 56.8. The van der Waals surface area contributed by atoms with Crippen LogP contribution in [0.2, 0.25) is 0 Å². The van der Waals surface area contributed by atoms with Crippen molar-refractivity contribution in [3.05, 3.63) is 307 Å². The van der Waals surface area contributed by atoms with Crippen molar-refractivity contribution >= 4 is 120 Å². The summed E-state index contributed by atoms with van der Waals surface area (Å²) in [4.78, 5) is 54.2. The largest absolute Gasteiger partial charge is 0.497 e. The second-order valence-electron chi connectivity index (χ2n) is 35.4. The molecule has 0 saturated heterocycles. The number of hydrogen-bond donors (Lipinski definition) is 3. The van der Waals surface area contributed by atoms with Crippen LogP contribution < -0.4 is 77.5 Å². The number of amides is 3. The van der Waals surface area contributed by atoms with Gasteiger partial charge in [-0.1, -0.05) is 167 Å². The van der Waals surface area contributed by atoms with Crippen LogP contribution >= 0.6 is 34.0 Å². The van der Waals surface area contributed by atoms with E-state index in [1.807, 2.05) is 200 Å². The minimum Gasteiger partial charge on any atom is -0.497 e. The molecule has 143 heavy (non-hydrogen) atoms. The maximum atomic E-state index is 12.2. The molecule has 0 aliphatic carbocycles. The van der Waals surface area contributed by atoms with Gasteiger partial charge in [-0.3, -0.25) is 19.7 Å². The molecule has 3 amide bonds. The van der Waals surface area contributed by atoms with Gasteiger partial charge in [-0.2, -0.15) is 0 Å². The summed E-state index contributed by atoms with van der Waals surface area (Å²) in [6.45, 7) is 30.4. The van der Waals surface area contributed by atoms with Crippen LogP contribution in [-0.4, -0.2) is 119 Å². The van der Waals surface area contributed by atoms with E-state index in [0.29, 0.717) is 152 Å². The Hall–Kier alpha value is -14.5. The fraction of sp³-hybridized carbons (Fsp3) is 0.301. The van der Waals surface area contributed by atoms with E-state index in [4.69, 9.17) is 66.0 Å². The Labute approximate surface area is 849 Å². The van der Waals surface area contributed by atoms with Crippen molar-refractivity contribution in [2.45, 2.75) is 121 Å². The number of sulfone groups is 1. The summed E-state index contributed by atoms with van der Waals surface area (Å²) in [6.07, 6.45) is 2.26. The molecule has 4 aromatic heterocycles. The molecule has 3 N–H and O–H groups in total. The number of nitrogens with zero attached hydrogens (tertiary/aromatic N) is 4. The highest BCUT2D eigenvalue weighted by atomic mass is 32.2. The number of fused-ring (bicyclic) bond motifs is 4. The molecule has 16 aromatic rings. The van der Waals surface area contributed by atoms with Crippen LogP contribution in [0.3, 0.4) is 0 Å². The molecule has 0 spiro atoms. The molecule has 26 nitrogen and oxygen atoms in total. The fourth-order valence-electron chi connectivity index (χ4n) is 12.7. The molecule has 0 saturated carbocycles. The number of benzene rings is 12. The van der Waals surface area contributed by atoms with E-state index in [1.165, 1.54) is 26.8 Å².